The normalized spacial score (nSPS) is 23.4. The van der Waals surface area contributed by atoms with Crippen molar-refractivity contribution < 1.29 is 18.3 Å². The zero-order valence-corrected chi connectivity index (χ0v) is 14.3. The van der Waals surface area contributed by atoms with Crippen molar-refractivity contribution in [1.82, 2.24) is 4.90 Å². The third kappa shape index (κ3) is 3.45. The highest BCUT2D eigenvalue weighted by Crippen LogP contribution is 2.39. The minimum atomic E-state index is -2.45. The largest absolute Gasteiger partial charge is 0.444 e. The maximum absolute atomic E-state index is 12.7. The molecule has 1 aromatic rings. The fourth-order valence-electron chi connectivity index (χ4n) is 3.49. The molecule has 1 fully saturated rings. The molecule has 3 nitrogen and oxygen atoms in total. The number of hydrogen-bond donors (Lipinski definition) is 0. The summed E-state index contributed by atoms with van der Waals surface area (Å²) in [6.07, 6.45) is 1.98. The Bertz CT molecular complexity index is 646. The van der Waals surface area contributed by atoms with Crippen LogP contribution in [-0.2, 0) is 4.74 Å². The molecule has 2 bridgehead atoms. The smallest absolute Gasteiger partial charge is 0.411 e. The van der Waals surface area contributed by atoms with E-state index in [2.05, 4.69) is 6.08 Å². The molecule has 2 heterocycles. The SMILES string of the molecule is CC(C)(C)OC(=O)N1C2C=C(c3ccc(C(F)F)cc3)CC1CC2. The van der Waals surface area contributed by atoms with Crippen LogP contribution in [-0.4, -0.2) is 28.7 Å². The average molecular weight is 335 g/mol. The highest BCUT2D eigenvalue weighted by Gasteiger charge is 2.41. The predicted molar refractivity (Wildman–Crippen MR) is 88.9 cm³/mol. The van der Waals surface area contributed by atoms with Gasteiger partial charge in [-0.15, -0.1) is 0 Å². The molecule has 130 valence electrons. The summed E-state index contributed by atoms with van der Waals surface area (Å²) in [5.74, 6) is 0. The first-order chi connectivity index (χ1) is 11.2. The van der Waals surface area contributed by atoms with Gasteiger partial charge in [-0.1, -0.05) is 30.3 Å². The second kappa shape index (κ2) is 6.19. The summed E-state index contributed by atoms with van der Waals surface area (Å²) in [4.78, 5) is 14.3. The molecular weight excluding hydrogens is 312 g/mol. The molecule has 1 aromatic carbocycles. The van der Waals surface area contributed by atoms with Crippen LogP contribution in [0.5, 0.6) is 0 Å². The first kappa shape index (κ1) is 16.9. The van der Waals surface area contributed by atoms with Crippen molar-refractivity contribution in [1.29, 1.82) is 0 Å². The number of ether oxygens (including phenoxy) is 1. The van der Waals surface area contributed by atoms with Gasteiger partial charge in [0.25, 0.3) is 6.43 Å². The van der Waals surface area contributed by atoms with Crippen LogP contribution in [0.25, 0.3) is 5.57 Å². The molecule has 2 aliphatic rings. The Hall–Kier alpha value is -1.91. The molecule has 0 spiro atoms. The van der Waals surface area contributed by atoms with Crippen molar-refractivity contribution in [2.45, 2.75) is 64.1 Å². The molecule has 0 radical (unpaired) electrons. The third-order valence-corrected chi connectivity index (χ3v) is 4.53. The summed E-state index contributed by atoms with van der Waals surface area (Å²) >= 11 is 0. The molecule has 0 aromatic heterocycles. The van der Waals surface area contributed by atoms with Gasteiger partial charge in [-0.25, -0.2) is 13.6 Å². The van der Waals surface area contributed by atoms with E-state index in [0.717, 1.165) is 30.4 Å². The van der Waals surface area contributed by atoms with Crippen molar-refractivity contribution in [3.05, 3.63) is 41.5 Å². The topological polar surface area (TPSA) is 29.5 Å². The molecule has 2 aliphatic heterocycles. The number of carbonyl (C=O) groups excluding carboxylic acids is 1. The summed E-state index contributed by atoms with van der Waals surface area (Å²) in [5.41, 5.74) is 1.61. The molecular formula is C19H23F2NO2. The van der Waals surface area contributed by atoms with Gasteiger partial charge >= 0.3 is 6.09 Å². The van der Waals surface area contributed by atoms with Gasteiger partial charge in [0, 0.05) is 11.6 Å². The molecule has 0 aliphatic carbocycles. The zero-order valence-electron chi connectivity index (χ0n) is 14.3. The number of nitrogens with zero attached hydrogens (tertiary/aromatic N) is 1. The van der Waals surface area contributed by atoms with E-state index < -0.39 is 12.0 Å². The molecule has 1 amide bonds. The summed E-state index contributed by atoms with van der Waals surface area (Å²) in [6.45, 7) is 5.59. The number of amides is 1. The predicted octanol–water partition coefficient (Wildman–Crippen LogP) is 5.18. The fourth-order valence-corrected chi connectivity index (χ4v) is 3.49. The molecule has 0 saturated carbocycles. The lowest BCUT2D eigenvalue weighted by atomic mass is 9.94. The van der Waals surface area contributed by atoms with Crippen LogP contribution < -0.4 is 0 Å². The van der Waals surface area contributed by atoms with Gasteiger partial charge in [0.15, 0.2) is 0 Å². The summed E-state index contributed by atoms with van der Waals surface area (Å²) in [5, 5.41) is 0. The Morgan fingerprint density at radius 3 is 2.42 bits per heavy atom. The van der Waals surface area contributed by atoms with Crippen LogP contribution >= 0.6 is 0 Å². The van der Waals surface area contributed by atoms with Crippen LogP contribution in [0.3, 0.4) is 0 Å². The number of fused-ring (bicyclic) bond motifs is 2. The highest BCUT2D eigenvalue weighted by atomic mass is 19.3. The van der Waals surface area contributed by atoms with Gasteiger partial charge in [-0.3, -0.25) is 4.90 Å². The van der Waals surface area contributed by atoms with E-state index in [1.807, 2.05) is 25.7 Å². The second-order valence-corrected chi connectivity index (χ2v) is 7.50. The Morgan fingerprint density at radius 1 is 1.21 bits per heavy atom. The minimum absolute atomic E-state index is 0.0309. The van der Waals surface area contributed by atoms with Crippen LogP contribution in [0.15, 0.2) is 30.3 Å². The standard InChI is InChI=1S/C19H23F2NO2/c1-19(2,3)24-18(23)22-15-8-9-16(22)11-14(10-15)12-4-6-13(7-5-12)17(20)21/h4-7,10,15-17H,8-9,11H2,1-3H3. The van der Waals surface area contributed by atoms with E-state index in [1.54, 1.807) is 12.1 Å². The third-order valence-electron chi connectivity index (χ3n) is 4.53. The van der Waals surface area contributed by atoms with Crippen molar-refractivity contribution in [2.75, 3.05) is 0 Å². The van der Waals surface area contributed by atoms with Crippen LogP contribution in [0.2, 0.25) is 0 Å². The van der Waals surface area contributed by atoms with E-state index in [9.17, 15) is 13.6 Å². The molecule has 3 rings (SSSR count). The number of alkyl halides is 2. The Morgan fingerprint density at radius 2 is 1.88 bits per heavy atom. The monoisotopic (exact) mass is 335 g/mol. The Labute approximate surface area is 141 Å². The lowest BCUT2D eigenvalue weighted by molar-refractivity contribution is 0.0175. The van der Waals surface area contributed by atoms with Gasteiger partial charge in [-0.2, -0.15) is 0 Å². The lowest BCUT2D eigenvalue weighted by Gasteiger charge is -2.35. The maximum Gasteiger partial charge on any atom is 0.411 e. The van der Waals surface area contributed by atoms with E-state index >= 15 is 0 Å². The molecule has 24 heavy (non-hydrogen) atoms. The molecule has 5 heteroatoms. The number of carbonyl (C=O) groups is 1. The molecule has 2 atom stereocenters. The lowest BCUT2D eigenvalue weighted by Crippen LogP contribution is -2.45. The van der Waals surface area contributed by atoms with Crippen molar-refractivity contribution in [3.8, 4) is 0 Å². The van der Waals surface area contributed by atoms with Crippen molar-refractivity contribution in [3.63, 3.8) is 0 Å². The average Bonchev–Trinajstić information content (AvgIpc) is 2.76. The van der Waals surface area contributed by atoms with E-state index in [4.69, 9.17) is 4.74 Å². The van der Waals surface area contributed by atoms with E-state index in [-0.39, 0.29) is 23.7 Å². The maximum atomic E-state index is 12.7. The molecule has 0 N–H and O–H groups in total. The highest BCUT2D eigenvalue weighted by molar-refractivity contribution is 5.75. The minimum Gasteiger partial charge on any atom is -0.444 e. The fraction of sp³-hybridized carbons (Fsp3) is 0.526. The summed E-state index contributed by atoms with van der Waals surface area (Å²) in [7, 11) is 0. The first-order valence-electron chi connectivity index (χ1n) is 8.35. The van der Waals surface area contributed by atoms with Crippen LogP contribution in [0, 0.1) is 0 Å². The zero-order chi connectivity index (χ0) is 17.5. The molecule has 2 unspecified atom stereocenters. The molecule has 1 saturated heterocycles. The van der Waals surface area contributed by atoms with E-state index in [1.165, 1.54) is 12.1 Å². The van der Waals surface area contributed by atoms with Crippen LogP contribution in [0.4, 0.5) is 13.6 Å². The van der Waals surface area contributed by atoms with Gasteiger partial charge in [-0.05, 0) is 51.2 Å². The quantitative estimate of drug-likeness (QED) is 0.745. The van der Waals surface area contributed by atoms with E-state index in [0.29, 0.717) is 0 Å². The number of rotatable bonds is 2. The Balaban J connectivity index is 1.78. The summed E-state index contributed by atoms with van der Waals surface area (Å²) < 4.78 is 30.9. The van der Waals surface area contributed by atoms with Gasteiger partial charge in [0.05, 0.1) is 6.04 Å². The van der Waals surface area contributed by atoms with Gasteiger partial charge < -0.3 is 4.74 Å². The second-order valence-electron chi connectivity index (χ2n) is 7.50. The first-order valence-corrected chi connectivity index (χ1v) is 8.35. The van der Waals surface area contributed by atoms with Crippen LogP contribution in [0.1, 0.15) is 57.6 Å². The number of halogens is 2. The number of hydrogen-bond acceptors (Lipinski definition) is 2. The Kier molecular flexibility index (Phi) is 4.37. The summed E-state index contributed by atoms with van der Waals surface area (Å²) in [6, 6.07) is 6.60. The van der Waals surface area contributed by atoms with Gasteiger partial charge in [0.2, 0.25) is 0 Å². The van der Waals surface area contributed by atoms with Crippen molar-refractivity contribution >= 4 is 11.7 Å². The van der Waals surface area contributed by atoms with Crippen molar-refractivity contribution in [2.24, 2.45) is 0 Å². The van der Waals surface area contributed by atoms with Gasteiger partial charge in [0.1, 0.15) is 5.60 Å². The number of benzene rings is 1.